The molecular formula is C14H18N2O4. The summed E-state index contributed by atoms with van der Waals surface area (Å²) < 4.78 is 14.0. The molecule has 6 heteroatoms. The Labute approximate surface area is 118 Å². The highest BCUT2D eigenvalue weighted by Gasteiger charge is 2.33. The Morgan fingerprint density at radius 1 is 1.75 bits per heavy atom. The van der Waals surface area contributed by atoms with Crippen LogP contribution in [0.2, 0.25) is 0 Å². The zero-order chi connectivity index (χ0) is 15.4. The van der Waals surface area contributed by atoms with E-state index in [2.05, 4.69) is 10.1 Å². The summed E-state index contributed by atoms with van der Waals surface area (Å²) in [7, 11) is 0. The minimum atomic E-state index is -0.425. The Balaban J connectivity index is 2.22. The molecule has 0 saturated carbocycles. The zero-order valence-corrected chi connectivity index (χ0v) is 11.5. The number of nitrogens with zero attached hydrogens (tertiary/aromatic N) is 2. The highest BCUT2D eigenvalue weighted by atomic mass is 16.5. The van der Waals surface area contributed by atoms with Gasteiger partial charge in [-0.3, -0.25) is 9.36 Å². The third-order valence-electron chi connectivity index (χ3n) is 3.36. The number of ether oxygens (including phenoxy) is 1. The molecule has 108 valence electrons. The summed E-state index contributed by atoms with van der Waals surface area (Å²) in [6.45, 7) is 3.61. The van der Waals surface area contributed by atoms with Gasteiger partial charge in [0.25, 0.3) is 0 Å². The number of allylic oxidation sites excluding steroid dienone is 1. The first kappa shape index (κ1) is 13.2. The van der Waals surface area contributed by atoms with Crippen molar-refractivity contribution in [3.05, 3.63) is 34.5 Å². The summed E-state index contributed by atoms with van der Waals surface area (Å²) in [4.78, 5) is 26.6. The third kappa shape index (κ3) is 3.20. The van der Waals surface area contributed by atoms with Gasteiger partial charge in [-0.05, 0) is 31.4 Å². The lowest BCUT2D eigenvalue weighted by molar-refractivity contribution is -0.112. The molecule has 2 heterocycles. The first-order valence-electron chi connectivity index (χ1n) is 6.92. The molecule has 0 aliphatic carbocycles. The average molecular weight is 279 g/mol. The van der Waals surface area contributed by atoms with Gasteiger partial charge in [-0.25, -0.2) is 9.78 Å². The number of aliphatic hydroxyl groups is 1. The van der Waals surface area contributed by atoms with Crippen LogP contribution in [0, 0.1) is 5.92 Å². The van der Waals surface area contributed by atoms with E-state index in [1.165, 1.54) is 23.8 Å². The quantitative estimate of drug-likeness (QED) is 0.805. The third-order valence-corrected chi connectivity index (χ3v) is 3.36. The van der Waals surface area contributed by atoms with E-state index < -0.39 is 11.9 Å². The van der Waals surface area contributed by atoms with Crippen LogP contribution >= 0.6 is 0 Å². The Morgan fingerprint density at radius 3 is 3.25 bits per heavy atom. The molecule has 1 saturated heterocycles. The van der Waals surface area contributed by atoms with Crippen LogP contribution in [0.15, 0.2) is 23.3 Å². The van der Waals surface area contributed by atoms with Crippen LogP contribution in [0.4, 0.5) is 0 Å². The molecule has 6 nitrogen and oxygen atoms in total. The van der Waals surface area contributed by atoms with Crippen LogP contribution in [-0.4, -0.2) is 34.6 Å². The van der Waals surface area contributed by atoms with Crippen LogP contribution in [-0.2, 0) is 9.53 Å². The van der Waals surface area contributed by atoms with E-state index >= 15 is 0 Å². The monoisotopic (exact) mass is 279 g/mol. The number of ketones is 1. The first-order valence-corrected chi connectivity index (χ1v) is 6.51. The van der Waals surface area contributed by atoms with Gasteiger partial charge in [0.2, 0.25) is 1.43 Å². The van der Waals surface area contributed by atoms with Crippen molar-refractivity contribution in [1.29, 1.82) is 1.43 Å². The van der Waals surface area contributed by atoms with Gasteiger partial charge in [-0.2, -0.15) is 0 Å². The number of carbonyl (C=O) groups excluding carboxylic acids is 1. The maximum absolute atomic E-state index is 11.9. The van der Waals surface area contributed by atoms with E-state index in [1.54, 1.807) is 12.3 Å². The fourth-order valence-electron chi connectivity index (χ4n) is 2.20. The molecule has 1 aromatic heterocycles. The van der Waals surface area contributed by atoms with Gasteiger partial charge in [0.05, 0.1) is 12.7 Å². The van der Waals surface area contributed by atoms with Crippen LogP contribution < -0.4 is 5.69 Å². The zero-order valence-electron chi connectivity index (χ0n) is 12.5. The molecule has 1 unspecified atom stereocenters. The highest BCUT2D eigenvalue weighted by Crippen LogP contribution is 2.31. The fraction of sp³-hybridized carbons (Fsp3) is 0.500. The van der Waals surface area contributed by atoms with Crippen molar-refractivity contribution in [2.24, 2.45) is 5.92 Å². The molecule has 0 amide bonds. The maximum Gasteiger partial charge on any atom is 0.349 e. The van der Waals surface area contributed by atoms with Gasteiger partial charge >= 0.3 is 5.69 Å². The summed E-state index contributed by atoms with van der Waals surface area (Å²) in [5.41, 5.74) is 0.251. The Hall–Kier alpha value is -1.79. The molecule has 3 atom stereocenters. The van der Waals surface area contributed by atoms with E-state index in [1.807, 2.05) is 6.92 Å². The lowest BCUT2D eigenvalue weighted by atomic mass is 10.0. The smallest absolute Gasteiger partial charge is 0.349 e. The Bertz CT molecular complexity index is 599. The topological polar surface area (TPSA) is 81.4 Å². The lowest BCUT2D eigenvalue weighted by Crippen LogP contribution is -2.27. The largest absolute Gasteiger partial charge is 0.394 e. The molecule has 1 fully saturated rings. The van der Waals surface area contributed by atoms with Gasteiger partial charge in [-0.15, -0.1) is 0 Å². The summed E-state index contributed by atoms with van der Waals surface area (Å²) >= 11 is 0. The Kier molecular flexibility index (Phi) is 4.03. The molecule has 0 aromatic carbocycles. The van der Waals surface area contributed by atoms with Gasteiger partial charge < -0.3 is 9.85 Å². The van der Waals surface area contributed by atoms with Crippen molar-refractivity contribution in [3.63, 3.8) is 0 Å². The van der Waals surface area contributed by atoms with Crippen molar-refractivity contribution < 1.29 is 14.6 Å². The van der Waals surface area contributed by atoms with Crippen molar-refractivity contribution in [3.8, 4) is 0 Å². The highest BCUT2D eigenvalue weighted by molar-refractivity contribution is 5.91. The minimum absolute atomic E-state index is 0.0776. The minimum Gasteiger partial charge on any atom is -0.394 e. The lowest BCUT2D eigenvalue weighted by Gasteiger charge is -2.14. The van der Waals surface area contributed by atoms with E-state index in [0.29, 0.717) is 12.0 Å². The molecule has 1 aliphatic rings. The summed E-state index contributed by atoms with van der Waals surface area (Å²) in [5, 5.41) is 4.37. The van der Waals surface area contributed by atoms with Crippen LogP contribution in [0.1, 0.15) is 32.1 Å². The molecule has 1 aromatic rings. The van der Waals surface area contributed by atoms with E-state index in [9.17, 15) is 9.59 Å². The van der Waals surface area contributed by atoms with Crippen molar-refractivity contribution >= 4 is 11.9 Å². The van der Waals surface area contributed by atoms with E-state index in [-0.39, 0.29) is 24.4 Å². The Morgan fingerprint density at radius 2 is 2.55 bits per heavy atom. The maximum atomic E-state index is 11.9. The fourth-order valence-corrected chi connectivity index (χ4v) is 2.20. The van der Waals surface area contributed by atoms with Crippen LogP contribution in [0.3, 0.4) is 0 Å². The standard InChI is InChI=1S/C14H18N2O4/c1-9-5-13(20-12(9)8-17)16-7-11(4-3-10(2)18)6-15-14(16)19/h3-4,6-7,9,12-13,17H,5,8H2,1-2H3/b4-3+/t9?,12-,13-/m1/s1/i17D. The second kappa shape index (κ2) is 6.11. The van der Waals surface area contributed by atoms with Crippen molar-refractivity contribution in [2.45, 2.75) is 32.6 Å². The number of aromatic nitrogens is 2. The predicted octanol–water partition coefficient (Wildman–Crippen LogP) is 0.761. The number of hydrogen-bond acceptors (Lipinski definition) is 5. The normalized spacial score (nSPS) is 26.9. The summed E-state index contributed by atoms with van der Waals surface area (Å²) in [6.07, 6.45) is 6.07. The van der Waals surface area contributed by atoms with Crippen molar-refractivity contribution in [2.75, 3.05) is 6.61 Å². The van der Waals surface area contributed by atoms with Gasteiger partial charge in [0, 0.05) is 18.0 Å². The summed E-state index contributed by atoms with van der Waals surface area (Å²) in [5.74, 6) is 0.106. The van der Waals surface area contributed by atoms with Gasteiger partial charge in [0.15, 0.2) is 5.78 Å². The molecule has 2 rings (SSSR count). The van der Waals surface area contributed by atoms with E-state index in [4.69, 9.17) is 6.17 Å². The molecule has 0 spiro atoms. The molecule has 20 heavy (non-hydrogen) atoms. The first-order chi connectivity index (χ1) is 10.0. The van der Waals surface area contributed by atoms with Crippen LogP contribution in [0.5, 0.6) is 0 Å². The van der Waals surface area contributed by atoms with Crippen molar-refractivity contribution in [1.82, 2.24) is 9.55 Å². The summed E-state index contributed by atoms with van der Waals surface area (Å²) in [6, 6.07) is 0. The van der Waals surface area contributed by atoms with Gasteiger partial charge in [0.1, 0.15) is 6.23 Å². The molecule has 0 bridgehead atoms. The SMILES string of the molecule is [2H]OC[C@H]1O[C@@H](n2cc(/C=C/C(C)=O)cnc2=O)CC1C. The molecule has 1 N–H and O–H groups in total. The predicted molar refractivity (Wildman–Crippen MR) is 73.0 cm³/mol. The number of hydrogen-bond donors (Lipinski definition) is 1. The average Bonchev–Trinajstić information content (AvgIpc) is 2.79. The molecule has 0 radical (unpaired) electrons. The van der Waals surface area contributed by atoms with E-state index in [0.717, 1.165) is 0 Å². The second-order valence-corrected chi connectivity index (χ2v) is 5.03. The number of carbonyl (C=O) groups is 1. The molecular weight excluding hydrogens is 260 g/mol. The van der Waals surface area contributed by atoms with Gasteiger partial charge in [-0.1, -0.05) is 6.92 Å². The molecule has 1 aliphatic heterocycles. The second-order valence-electron chi connectivity index (χ2n) is 5.03. The number of rotatable bonds is 5. The number of aliphatic hydroxyl groups excluding tert-OH is 1. The van der Waals surface area contributed by atoms with Crippen LogP contribution in [0.25, 0.3) is 6.08 Å².